The number of rotatable bonds is 3. The molecule has 0 aliphatic carbocycles. The lowest BCUT2D eigenvalue weighted by Crippen LogP contribution is -1.97. The van der Waals surface area contributed by atoms with Crippen LogP contribution in [0.3, 0.4) is 0 Å². The monoisotopic (exact) mass is 326 g/mol. The van der Waals surface area contributed by atoms with Crippen LogP contribution in [0.15, 0.2) is 58.8 Å². The number of hydrogen-bond donors (Lipinski definition) is 0. The van der Waals surface area contributed by atoms with Crippen molar-refractivity contribution < 1.29 is 8.42 Å². The molecule has 0 amide bonds. The standard InChI is InChI=1S/C15H12Cl2O2S/c1-11-2-8-14(9-3-11)20(18,19)10-15(17)12-4-6-13(16)7-5-12/h2-10H,1H3/b15-10+. The number of aryl methyl sites for hydroxylation is 1. The fourth-order valence-electron chi connectivity index (χ4n) is 1.61. The van der Waals surface area contributed by atoms with E-state index in [0.29, 0.717) is 10.6 Å². The predicted molar refractivity (Wildman–Crippen MR) is 83.6 cm³/mol. The van der Waals surface area contributed by atoms with E-state index in [-0.39, 0.29) is 9.93 Å². The molecule has 20 heavy (non-hydrogen) atoms. The molecule has 0 spiro atoms. The lowest BCUT2D eigenvalue weighted by Gasteiger charge is -2.03. The molecule has 104 valence electrons. The third-order valence-corrected chi connectivity index (χ3v) is 4.91. The van der Waals surface area contributed by atoms with Crippen LogP contribution < -0.4 is 0 Å². The summed E-state index contributed by atoms with van der Waals surface area (Å²) < 4.78 is 24.4. The molecule has 0 unspecified atom stereocenters. The van der Waals surface area contributed by atoms with Crippen molar-refractivity contribution in [3.63, 3.8) is 0 Å². The quantitative estimate of drug-likeness (QED) is 0.822. The number of halogens is 2. The Bertz CT molecular complexity index is 730. The molecular weight excluding hydrogens is 315 g/mol. The maximum atomic E-state index is 12.2. The Kier molecular flexibility index (Phi) is 4.53. The molecule has 0 saturated carbocycles. The van der Waals surface area contributed by atoms with Gasteiger partial charge < -0.3 is 0 Å². The zero-order valence-electron chi connectivity index (χ0n) is 10.7. The first-order chi connectivity index (χ1) is 9.38. The molecule has 2 nitrogen and oxygen atoms in total. The summed E-state index contributed by atoms with van der Waals surface area (Å²) in [5.74, 6) is 0. The van der Waals surface area contributed by atoms with Gasteiger partial charge in [0, 0.05) is 5.02 Å². The molecule has 0 heterocycles. The van der Waals surface area contributed by atoms with Gasteiger partial charge in [-0.05, 0) is 36.8 Å². The second-order valence-corrected chi connectivity index (χ2v) is 6.97. The van der Waals surface area contributed by atoms with Crippen molar-refractivity contribution in [1.82, 2.24) is 0 Å². The first-order valence-electron chi connectivity index (χ1n) is 5.83. The van der Waals surface area contributed by atoms with Gasteiger partial charge in [-0.15, -0.1) is 0 Å². The summed E-state index contributed by atoms with van der Waals surface area (Å²) in [4.78, 5) is 0.218. The van der Waals surface area contributed by atoms with E-state index in [2.05, 4.69) is 0 Å². The summed E-state index contributed by atoms with van der Waals surface area (Å²) in [6.45, 7) is 1.90. The molecule has 2 aromatic carbocycles. The maximum absolute atomic E-state index is 12.2. The van der Waals surface area contributed by atoms with Crippen LogP contribution in [0, 0.1) is 6.92 Å². The van der Waals surface area contributed by atoms with Gasteiger partial charge in [0.05, 0.1) is 15.3 Å². The van der Waals surface area contributed by atoms with Crippen LogP contribution in [0.5, 0.6) is 0 Å². The van der Waals surface area contributed by atoms with Crippen molar-refractivity contribution in [1.29, 1.82) is 0 Å². The SMILES string of the molecule is Cc1ccc(S(=O)(=O)/C=C(/Cl)c2ccc(Cl)cc2)cc1. The van der Waals surface area contributed by atoms with Crippen LogP contribution in [0.4, 0.5) is 0 Å². The minimum Gasteiger partial charge on any atom is -0.219 e. The lowest BCUT2D eigenvalue weighted by atomic mass is 10.2. The van der Waals surface area contributed by atoms with E-state index >= 15 is 0 Å². The molecule has 0 aliphatic heterocycles. The van der Waals surface area contributed by atoms with Crippen LogP contribution in [-0.2, 0) is 9.84 Å². The van der Waals surface area contributed by atoms with Crippen molar-refractivity contribution in [3.05, 3.63) is 70.1 Å². The lowest BCUT2D eigenvalue weighted by molar-refractivity contribution is 0.605. The highest BCUT2D eigenvalue weighted by molar-refractivity contribution is 7.94. The molecule has 2 aromatic rings. The highest BCUT2D eigenvalue weighted by Gasteiger charge is 2.12. The minimum absolute atomic E-state index is 0.155. The van der Waals surface area contributed by atoms with E-state index in [1.165, 1.54) is 0 Å². The van der Waals surface area contributed by atoms with Gasteiger partial charge in [-0.1, -0.05) is 53.0 Å². The van der Waals surface area contributed by atoms with Gasteiger partial charge in [-0.3, -0.25) is 0 Å². The van der Waals surface area contributed by atoms with Gasteiger partial charge in [0.1, 0.15) is 0 Å². The summed E-state index contributed by atoms with van der Waals surface area (Å²) in [6, 6.07) is 13.3. The zero-order valence-corrected chi connectivity index (χ0v) is 13.0. The average molecular weight is 327 g/mol. The smallest absolute Gasteiger partial charge is 0.201 e. The summed E-state index contributed by atoms with van der Waals surface area (Å²) >= 11 is 11.8. The largest absolute Gasteiger partial charge is 0.219 e. The van der Waals surface area contributed by atoms with Crippen LogP contribution in [0.1, 0.15) is 11.1 Å². The third-order valence-electron chi connectivity index (χ3n) is 2.73. The number of hydrogen-bond acceptors (Lipinski definition) is 2. The normalized spacial score (nSPS) is 12.4. The second kappa shape index (κ2) is 6.00. The molecule has 0 saturated heterocycles. The molecule has 0 aromatic heterocycles. The molecule has 2 rings (SSSR count). The van der Waals surface area contributed by atoms with E-state index in [1.807, 2.05) is 6.92 Å². The Balaban J connectivity index is 2.37. The predicted octanol–water partition coefficient (Wildman–Crippen LogP) is 4.66. The zero-order chi connectivity index (χ0) is 14.8. The molecule has 0 atom stereocenters. The Labute approximate surface area is 128 Å². The summed E-state index contributed by atoms with van der Waals surface area (Å²) in [5, 5.41) is 1.78. The number of benzene rings is 2. The first kappa shape index (κ1) is 15.1. The van der Waals surface area contributed by atoms with Crippen LogP contribution in [-0.4, -0.2) is 8.42 Å². The minimum atomic E-state index is -3.56. The van der Waals surface area contributed by atoms with Crippen molar-refractivity contribution in [2.24, 2.45) is 0 Å². The van der Waals surface area contributed by atoms with E-state index in [1.54, 1.807) is 48.5 Å². The van der Waals surface area contributed by atoms with E-state index in [0.717, 1.165) is 11.0 Å². The maximum Gasteiger partial charge on any atom is 0.201 e. The summed E-state index contributed by atoms with van der Waals surface area (Å²) in [6.07, 6.45) is 0. The molecule has 0 radical (unpaired) electrons. The van der Waals surface area contributed by atoms with Gasteiger partial charge in [-0.2, -0.15) is 0 Å². The highest BCUT2D eigenvalue weighted by atomic mass is 35.5. The Hall–Kier alpha value is -1.29. The Morgan fingerprint density at radius 2 is 1.55 bits per heavy atom. The van der Waals surface area contributed by atoms with Crippen molar-refractivity contribution >= 4 is 38.1 Å². The highest BCUT2D eigenvalue weighted by Crippen LogP contribution is 2.24. The molecule has 5 heteroatoms. The Morgan fingerprint density at radius 1 is 1.00 bits per heavy atom. The van der Waals surface area contributed by atoms with E-state index in [4.69, 9.17) is 23.2 Å². The van der Waals surface area contributed by atoms with Crippen LogP contribution in [0.2, 0.25) is 5.02 Å². The van der Waals surface area contributed by atoms with E-state index in [9.17, 15) is 8.42 Å². The average Bonchev–Trinajstić information content (AvgIpc) is 2.39. The molecule has 0 fully saturated rings. The second-order valence-electron chi connectivity index (χ2n) is 4.33. The fourth-order valence-corrected chi connectivity index (χ4v) is 3.27. The van der Waals surface area contributed by atoms with Gasteiger partial charge in [0.2, 0.25) is 9.84 Å². The van der Waals surface area contributed by atoms with Crippen LogP contribution >= 0.6 is 23.2 Å². The van der Waals surface area contributed by atoms with E-state index < -0.39 is 9.84 Å². The fraction of sp³-hybridized carbons (Fsp3) is 0.0667. The van der Waals surface area contributed by atoms with Gasteiger partial charge >= 0.3 is 0 Å². The van der Waals surface area contributed by atoms with Gasteiger partial charge in [-0.25, -0.2) is 8.42 Å². The first-order valence-corrected chi connectivity index (χ1v) is 8.13. The van der Waals surface area contributed by atoms with Crippen molar-refractivity contribution in [3.8, 4) is 0 Å². The summed E-state index contributed by atoms with van der Waals surface area (Å²) in [7, 11) is -3.56. The molecule has 0 aliphatic rings. The topological polar surface area (TPSA) is 34.1 Å². The number of sulfone groups is 1. The Morgan fingerprint density at radius 3 is 2.10 bits per heavy atom. The van der Waals surface area contributed by atoms with Crippen molar-refractivity contribution in [2.45, 2.75) is 11.8 Å². The van der Waals surface area contributed by atoms with Gasteiger partial charge in [0.25, 0.3) is 0 Å². The third kappa shape index (κ3) is 3.63. The molecule has 0 bridgehead atoms. The van der Waals surface area contributed by atoms with Gasteiger partial charge in [0.15, 0.2) is 0 Å². The molecule has 0 N–H and O–H groups in total. The molecular formula is C15H12Cl2O2S. The summed E-state index contributed by atoms with van der Waals surface area (Å²) in [5.41, 5.74) is 1.60. The van der Waals surface area contributed by atoms with Crippen molar-refractivity contribution in [2.75, 3.05) is 0 Å². The van der Waals surface area contributed by atoms with Crippen LogP contribution in [0.25, 0.3) is 5.03 Å².